The van der Waals surface area contributed by atoms with Gasteiger partial charge in [0.25, 0.3) is 0 Å². The molecule has 0 aliphatic carbocycles. The molecule has 26 heavy (non-hydrogen) atoms. The smallest absolute Gasteiger partial charge is 0.333 e. The molecule has 0 saturated carbocycles. The summed E-state index contributed by atoms with van der Waals surface area (Å²) in [6, 6.07) is 15.5. The van der Waals surface area contributed by atoms with E-state index >= 15 is 0 Å². The number of anilines is 1. The minimum Gasteiger partial charge on any atom is -0.460 e. The summed E-state index contributed by atoms with van der Waals surface area (Å²) in [5.74, 6) is -0.357. The summed E-state index contributed by atoms with van der Waals surface area (Å²) < 4.78 is 6.17. The SMILES string of the molecule is C=C(C)C(=O)OCCN(CC)c1ccc(N=Nc2ccc(Br)cc2)cc1. The Balaban J connectivity index is 1.94. The third-order valence-electron chi connectivity index (χ3n) is 3.65. The molecule has 0 heterocycles. The van der Waals surface area contributed by atoms with Crippen LogP contribution in [-0.4, -0.2) is 25.7 Å². The molecule has 0 aliphatic rings. The lowest BCUT2D eigenvalue weighted by molar-refractivity contribution is -0.138. The van der Waals surface area contributed by atoms with Crippen LogP contribution in [0.1, 0.15) is 13.8 Å². The van der Waals surface area contributed by atoms with E-state index in [1.807, 2.05) is 48.5 Å². The van der Waals surface area contributed by atoms with Crippen molar-refractivity contribution in [3.8, 4) is 0 Å². The number of nitrogens with zero attached hydrogens (tertiary/aromatic N) is 3. The monoisotopic (exact) mass is 415 g/mol. The summed E-state index contributed by atoms with van der Waals surface area (Å²) >= 11 is 3.39. The Kier molecular flexibility index (Phi) is 7.53. The van der Waals surface area contributed by atoms with Crippen LogP contribution in [0.4, 0.5) is 17.1 Å². The number of rotatable bonds is 8. The van der Waals surface area contributed by atoms with Crippen LogP contribution >= 0.6 is 15.9 Å². The van der Waals surface area contributed by atoms with Crippen LogP contribution in [-0.2, 0) is 9.53 Å². The molecule has 0 fully saturated rings. The van der Waals surface area contributed by atoms with E-state index in [1.165, 1.54) is 0 Å². The lowest BCUT2D eigenvalue weighted by Crippen LogP contribution is -2.28. The van der Waals surface area contributed by atoms with Gasteiger partial charge in [0.1, 0.15) is 6.61 Å². The first kappa shape index (κ1) is 19.8. The van der Waals surface area contributed by atoms with E-state index in [2.05, 4.69) is 44.6 Å². The van der Waals surface area contributed by atoms with E-state index in [-0.39, 0.29) is 5.97 Å². The second kappa shape index (κ2) is 9.87. The van der Waals surface area contributed by atoms with Gasteiger partial charge in [0.2, 0.25) is 0 Å². The number of esters is 1. The van der Waals surface area contributed by atoms with Crippen LogP contribution in [0, 0.1) is 0 Å². The molecule has 5 nitrogen and oxygen atoms in total. The number of ether oxygens (including phenoxy) is 1. The molecule has 0 atom stereocenters. The fourth-order valence-corrected chi connectivity index (χ4v) is 2.46. The van der Waals surface area contributed by atoms with Crippen molar-refractivity contribution in [1.29, 1.82) is 0 Å². The van der Waals surface area contributed by atoms with Gasteiger partial charge in [0, 0.05) is 22.3 Å². The molecule has 136 valence electrons. The van der Waals surface area contributed by atoms with Gasteiger partial charge in [-0.05, 0) is 62.4 Å². The van der Waals surface area contributed by atoms with Gasteiger partial charge >= 0.3 is 5.97 Å². The first-order valence-electron chi connectivity index (χ1n) is 8.34. The zero-order chi connectivity index (χ0) is 18.9. The molecular weight excluding hydrogens is 394 g/mol. The van der Waals surface area contributed by atoms with Gasteiger partial charge in [0.05, 0.1) is 17.9 Å². The summed E-state index contributed by atoms with van der Waals surface area (Å²) in [6.07, 6.45) is 0. The molecule has 2 aromatic carbocycles. The lowest BCUT2D eigenvalue weighted by atomic mass is 10.2. The predicted octanol–water partition coefficient (Wildman–Crippen LogP) is 5.81. The maximum absolute atomic E-state index is 11.4. The second-order valence-corrected chi connectivity index (χ2v) is 6.60. The van der Waals surface area contributed by atoms with Crippen LogP contribution in [0.25, 0.3) is 0 Å². The highest BCUT2D eigenvalue weighted by Crippen LogP contribution is 2.23. The number of carbonyl (C=O) groups excluding carboxylic acids is 1. The van der Waals surface area contributed by atoms with Crippen LogP contribution in [0.3, 0.4) is 0 Å². The van der Waals surface area contributed by atoms with E-state index in [4.69, 9.17) is 4.74 Å². The van der Waals surface area contributed by atoms with Gasteiger partial charge in [-0.2, -0.15) is 10.2 Å². The Bertz CT molecular complexity index is 771. The molecular formula is C20H22BrN3O2. The average molecular weight is 416 g/mol. The van der Waals surface area contributed by atoms with E-state index < -0.39 is 0 Å². The van der Waals surface area contributed by atoms with Crippen molar-refractivity contribution in [1.82, 2.24) is 0 Å². The minimum atomic E-state index is -0.357. The maximum Gasteiger partial charge on any atom is 0.333 e. The summed E-state index contributed by atoms with van der Waals surface area (Å²) in [5, 5.41) is 8.47. The minimum absolute atomic E-state index is 0.324. The third kappa shape index (κ3) is 6.11. The van der Waals surface area contributed by atoms with Crippen molar-refractivity contribution in [2.45, 2.75) is 13.8 Å². The molecule has 0 unspecified atom stereocenters. The summed E-state index contributed by atoms with van der Waals surface area (Å²) in [7, 11) is 0. The Morgan fingerprint density at radius 2 is 1.62 bits per heavy atom. The maximum atomic E-state index is 11.4. The Labute approximate surface area is 162 Å². The molecule has 0 bridgehead atoms. The average Bonchev–Trinajstić information content (AvgIpc) is 2.65. The quantitative estimate of drug-likeness (QED) is 0.310. The summed E-state index contributed by atoms with van der Waals surface area (Å²) in [4.78, 5) is 13.6. The lowest BCUT2D eigenvalue weighted by Gasteiger charge is -2.22. The van der Waals surface area contributed by atoms with Crippen molar-refractivity contribution in [3.05, 3.63) is 65.2 Å². The highest BCUT2D eigenvalue weighted by Gasteiger charge is 2.07. The zero-order valence-corrected chi connectivity index (χ0v) is 16.6. The number of likely N-dealkylation sites (N-methyl/N-ethyl adjacent to an activating group) is 1. The van der Waals surface area contributed by atoms with E-state index in [0.717, 1.165) is 28.1 Å². The molecule has 0 radical (unpaired) electrons. The normalized spacial score (nSPS) is 10.7. The number of azo groups is 1. The van der Waals surface area contributed by atoms with Gasteiger partial charge in [-0.15, -0.1) is 0 Å². The number of hydrogen-bond donors (Lipinski definition) is 0. The standard InChI is InChI=1S/C20H22BrN3O2/c1-4-24(13-14-26-20(25)15(2)3)19-11-9-18(10-12-19)23-22-17-7-5-16(21)6-8-17/h5-12H,2,4,13-14H2,1,3H3. The topological polar surface area (TPSA) is 54.3 Å². The fraction of sp³-hybridized carbons (Fsp3) is 0.250. The van der Waals surface area contributed by atoms with Crippen LogP contribution in [0.5, 0.6) is 0 Å². The Morgan fingerprint density at radius 1 is 1.08 bits per heavy atom. The first-order chi connectivity index (χ1) is 12.5. The van der Waals surface area contributed by atoms with Gasteiger partial charge in [-0.1, -0.05) is 22.5 Å². The van der Waals surface area contributed by atoms with E-state index in [0.29, 0.717) is 18.7 Å². The van der Waals surface area contributed by atoms with Crippen molar-refractivity contribution in [2.75, 3.05) is 24.6 Å². The number of hydrogen-bond acceptors (Lipinski definition) is 5. The zero-order valence-electron chi connectivity index (χ0n) is 15.0. The highest BCUT2D eigenvalue weighted by molar-refractivity contribution is 9.10. The number of halogens is 1. The van der Waals surface area contributed by atoms with Crippen molar-refractivity contribution >= 4 is 39.0 Å². The highest BCUT2D eigenvalue weighted by atomic mass is 79.9. The van der Waals surface area contributed by atoms with E-state index in [9.17, 15) is 4.79 Å². The number of benzene rings is 2. The van der Waals surface area contributed by atoms with Gasteiger partial charge in [-0.3, -0.25) is 0 Å². The number of carbonyl (C=O) groups is 1. The molecule has 0 saturated heterocycles. The third-order valence-corrected chi connectivity index (χ3v) is 4.18. The van der Waals surface area contributed by atoms with Gasteiger partial charge in [-0.25, -0.2) is 4.79 Å². The second-order valence-electron chi connectivity index (χ2n) is 5.69. The van der Waals surface area contributed by atoms with Crippen LogP contribution in [0.2, 0.25) is 0 Å². The van der Waals surface area contributed by atoms with Crippen LogP contribution < -0.4 is 4.90 Å². The summed E-state index contributed by atoms with van der Waals surface area (Å²) in [6.45, 7) is 9.03. The molecule has 2 aromatic rings. The Morgan fingerprint density at radius 3 is 2.12 bits per heavy atom. The molecule has 0 aliphatic heterocycles. The first-order valence-corrected chi connectivity index (χ1v) is 9.14. The Hall–Kier alpha value is -2.47. The molecule has 0 spiro atoms. The fourth-order valence-electron chi connectivity index (χ4n) is 2.19. The van der Waals surface area contributed by atoms with Crippen LogP contribution in [0.15, 0.2) is 75.4 Å². The largest absolute Gasteiger partial charge is 0.460 e. The van der Waals surface area contributed by atoms with Gasteiger partial charge in [0.15, 0.2) is 0 Å². The van der Waals surface area contributed by atoms with E-state index in [1.54, 1.807) is 6.92 Å². The molecule has 0 amide bonds. The van der Waals surface area contributed by atoms with Crippen molar-refractivity contribution in [2.24, 2.45) is 10.2 Å². The summed E-state index contributed by atoms with van der Waals surface area (Å²) in [5.41, 5.74) is 3.03. The molecule has 6 heteroatoms. The van der Waals surface area contributed by atoms with Crippen molar-refractivity contribution in [3.63, 3.8) is 0 Å². The predicted molar refractivity (Wildman–Crippen MR) is 108 cm³/mol. The molecule has 0 aromatic heterocycles. The van der Waals surface area contributed by atoms with Gasteiger partial charge < -0.3 is 9.64 Å². The molecule has 0 N–H and O–H groups in total. The van der Waals surface area contributed by atoms with Crippen molar-refractivity contribution < 1.29 is 9.53 Å². The molecule has 2 rings (SSSR count).